The van der Waals surface area contributed by atoms with Gasteiger partial charge in [-0.3, -0.25) is 0 Å². The molecule has 1 heterocycles. The SMILES string of the molecule is FC(F)(F)c1n[nH]nc1-c1ccc(Br)cc1. The lowest BCUT2D eigenvalue weighted by atomic mass is 10.1. The van der Waals surface area contributed by atoms with Gasteiger partial charge in [0.15, 0.2) is 5.69 Å². The molecular weight excluding hydrogens is 287 g/mol. The van der Waals surface area contributed by atoms with Gasteiger partial charge in [0.2, 0.25) is 0 Å². The summed E-state index contributed by atoms with van der Waals surface area (Å²) in [6.07, 6.45) is -4.50. The van der Waals surface area contributed by atoms with Crippen molar-refractivity contribution in [1.82, 2.24) is 15.4 Å². The van der Waals surface area contributed by atoms with E-state index < -0.39 is 11.9 Å². The predicted molar refractivity (Wildman–Crippen MR) is 54.5 cm³/mol. The molecule has 3 nitrogen and oxygen atoms in total. The molecule has 1 aromatic heterocycles. The molecule has 0 saturated heterocycles. The van der Waals surface area contributed by atoms with Gasteiger partial charge in [0.25, 0.3) is 0 Å². The van der Waals surface area contributed by atoms with Crippen LogP contribution in [0.2, 0.25) is 0 Å². The van der Waals surface area contributed by atoms with E-state index in [2.05, 4.69) is 26.1 Å². The summed E-state index contributed by atoms with van der Waals surface area (Å²) in [6.45, 7) is 0. The summed E-state index contributed by atoms with van der Waals surface area (Å²) in [4.78, 5) is 0. The van der Waals surface area contributed by atoms with Crippen molar-refractivity contribution in [3.8, 4) is 11.3 Å². The van der Waals surface area contributed by atoms with Gasteiger partial charge in [-0.25, -0.2) is 0 Å². The van der Waals surface area contributed by atoms with Crippen LogP contribution in [-0.2, 0) is 6.18 Å². The molecule has 0 aliphatic heterocycles. The monoisotopic (exact) mass is 291 g/mol. The Bertz CT molecular complexity index is 489. The van der Waals surface area contributed by atoms with Crippen LogP contribution in [0.3, 0.4) is 0 Å². The van der Waals surface area contributed by atoms with E-state index in [9.17, 15) is 13.2 Å². The Balaban J connectivity index is 2.49. The average molecular weight is 292 g/mol. The number of rotatable bonds is 1. The van der Waals surface area contributed by atoms with Crippen LogP contribution in [0, 0.1) is 0 Å². The third-order valence-corrected chi connectivity index (χ3v) is 2.46. The van der Waals surface area contributed by atoms with Crippen molar-refractivity contribution in [2.75, 3.05) is 0 Å². The highest BCUT2D eigenvalue weighted by Gasteiger charge is 2.37. The van der Waals surface area contributed by atoms with Gasteiger partial charge in [0.1, 0.15) is 5.69 Å². The molecule has 0 bridgehead atoms. The van der Waals surface area contributed by atoms with Gasteiger partial charge >= 0.3 is 6.18 Å². The fraction of sp³-hybridized carbons (Fsp3) is 0.111. The van der Waals surface area contributed by atoms with Crippen molar-refractivity contribution in [3.63, 3.8) is 0 Å². The summed E-state index contributed by atoms with van der Waals surface area (Å²) >= 11 is 3.20. The van der Waals surface area contributed by atoms with Crippen molar-refractivity contribution in [2.24, 2.45) is 0 Å². The van der Waals surface area contributed by atoms with Gasteiger partial charge in [-0.1, -0.05) is 28.1 Å². The Morgan fingerprint density at radius 1 is 1.06 bits per heavy atom. The molecule has 0 atom stereocenters. The molecule has 0 radical (unpaired) electrons. The Morgan fingerprint density at radius 3 is 2.25 bits per heavy atom. The second-order valence-electron chi connectivity index (χ2n) is 3.03. The van der Waals surface area contributed by atoms with Crippen LogP contribution < -0.4 is 0 Å². The number of hydrogen-bond acceptors (Lipinski definition) is 2. The van der Waals surface area contributed by atoms with E-state index in [1.54, 1.807) is 12.1 Å². The third-order valence-electron chi connectivity index (χ3n) is 1.93. The molecule has 1 N–H and O–H groups in total. The first-order chi connectivity index (χ1) is 7.48. The number of benzene rings is 1. The first-order valence-corrected chi connectivity index (χ1v) is 5.01. The van der Waals surface area contributed by atoms with Gasteiger partial charge < -0.3 is 0 Å². The Kier molecular flexibility index (Phi) is 2.71. The number of halogens is 4. The van der Waals surface area contributed by atoms with Crippen LogP contribution in [0.1, 0.15) is 5.69 Å². The van der Waals surface area contributed by atoms with E-state index >= 15 is 0 Å². The molecule has 0 aliphatic carbocycles. The van der Waals surface area contributed by atoms with E-state index in [-0.39, 0.29) is 5.69 Å². The fourth-order valence-corrected chi connectivity index (χ4v) is 1.50. The summed E-state index contributed by atoms with van der Waals surface area (Å²) in [5.74, 6) is 0. The first kappa shape index (κ1) is 11.1. The molecule has 0 saturated carbocycles. The van der Waals surface area contributed by atoms with Gasteiger partial charge in [-0.15, -0.1) is 0 Å². The molecule has 0 spiro atoms. The van der Waals surface area contributed by atoms with Crippen molar-refractivity contribution in [3.05, 3.63) is 34.4 Å². The zero-order chi connectivity index (χ0) is 11.8. The lowest BCUT2D eigenvalue weighted by molar-refractivity contribution is -0.140. The molecule has 7 heteroatoms. The van der Waals surface area contributed by atoms with Crippen molar-refractivity contribution >= 4 is 15.9 Å². The normalized spacial score (nSPS) is 11.8. The number of H-pyrrole nitrogens is 1. The van der Waals surface area contributed by atoms with E-state index in [0.29, 0.717) is 5.56 Å². The second-order valence-corrected chi connectivity index (χ2v) is 3.94. The largest absolute Gasteiger partial charge is 0.437 e. The fourth-order valence-electron chi connectivity index (χ4n) is 1.24. The lowest BCUT2D eigenvalue weighted by Gasteiger charge is -2.04. The van der Waals surface area contributed by atoms with Gasteiger partial charge in [0, 0.05) is 10.0 Å². The van der Waals surface area contributed by atoms with E-state index in [4.69, 9.17) is 0 Å². The van der Waals surface area contributed by atoms with Crippen LogP contribution in [0.4, 0.5) is 13.2 Å². The Labute approximate surface area is 96.8 Å². The summed E-state index contributed by atoms with van der Waals surface area (Å²) in [5, 5.41) is 8.61. The molecule has 1 aromatic carbocycles. The van der Waals surface area contributed by atoms with Gasteiger partial charge in [-0.05, 0) is 12.1 Å². The summed E-state index contributed by atoms with van der Waals surface area (Å²) in [5.41, 5.74) is -0.834. The standard InChI is InChI=1S/C9H5BrF3N3/c10-6-3-1-5(2-4-6)7-8(9(11,12)13)15-16-14-7/h1-4H,(H,14,15,16). The molecule has 0 unspecified atom stereocenters. The van der Waals surface area contributed by atoms with Gasteiger partial charge in [-0.2, -0.15) is 28.6 Å². The molecule has 0 aliphatic rings. The topological polar surface area (TPSA) is 41.6 Å². The maximum absolute atomic E-state index is 12.5. The highest BCUT2D eigenvalue weighted by atomic mass is 79.9. The zero-order valence-corrected chi connectivity index (χ0v) is 9.30. The van der Waals surface area contributed by atoms with E-state index in [0.717, 1.165) is 4.47 Å². The summed E-state index contributed by atoms with van der Waals surface area (Å²) in [6, 6.07) is 6.36. The number of aromatic nitrogens is 3. The maximum atomic E-state index is 12.5. The van der Waals surface area contributed by atoms with Crippen LogP contribution in [-0.4, -0.2) is 15.4 Å². The molecule has 84 valence electrons. The Hall–Kier alpha value is -1.37. The van der Waals surface area contributed by atoms with Crippen LogP contribution in [0.5, 0.6) is 0 Å². The summed E-state index contributed by atoms with van der Waals surface area (Å²) < 4.78 is 38.3. The van der Waals surface area contributed by atoms with E-state index in [1.165, 1.54) is 12.1 Å². The minimum Gasteiger partial charge on any atom is -0.197 e. The average Bonchev–Trinajstić information content (AvgIpc) is 2.66. The first-order valence-electron chi connectivity index (χ1n) is 4.22. The molecule has 16 heavy (non-hydrogen) atoms. The number of hydrogen-bond donors (Lipinski definition) is 1. The van der Waals surface area contributed by atoms with Gasteiger partial charge in [0.05, 0.1) is 0 Å². The molecule has 2 aromatic rings. The maximum Gasteiger partial charge on any atom is 0.437 e. The number of alkyl halides is 3. The van der Waals surface area contributed by atoms with Crippen molar-refractivity contribution in [2.45, 2.75) is 6.18 Å². The molecule has 2 rings (SSSR count). The van der Waals surface area contributed by atoms with Crippen LogP contribution >= 0.6 is 15.9 Å². The van der Waals surface area contributed by atoms with E-state index in [1.807, 2.05) is 5.21 Å². The number of nitrogens with zero attached hydrogens (tertiary/aromatic N) is 2. The van der Waals surface area contributed by atoms with Crippen molar-refractivity contribution in [1.29, 1.82) is 0 Å². The van der Waals surface area contributed by atoms with Crippen LogP contribution in [0.25, 0.3) is 11.3 Å². The second kappa shape index (κ2) is 3.89. The van der Waals surface area contributed by atoms with Crippen molar-refractivity contribution < 1.29 is 13.2 Å². The minimum absolute atomic E-state index is 0.194. The molecular formula is C9H5BrF3N3. The quantitative estimate of drug-likeness (QED) is 0.876. The third kappa shape index (κ3) is 2.08. The predicted octanol–water partition coefficient (Wildman–Crippen LogP) is 3.25. The number of aromatic amines is 1. The Morgan fingerprint density at radius 2 is 1.69 bits per heavy atom. The highest BCUT2D eigenvalue weighted by Crippen LogP contribution is 2.34. The smallest absolute Gasteiger partial charge is 0.197 e. The molecule has 0 amide bonds. The molecule has 0 fully saturated rings. The highest BCUT2D eigenvalue weighted by molar-refractivity contribution is 9.10. The number of nitrogens with one attached hydrogen (secondary N) is 1. The minimum atomic E-state index is -4.50. The summed E-state index contributed by atoms with van der Waals surface area (Å²) in [7, 11) is 0. The van der Waals surface area contributed by atoms with Crippen LogP contribution in [0.15, 0.2) is 28.7 Å². The zero-order valence-electron chi connectivity index (χ0n) is 7.72. The lowest BCUT2D eigenvalue weighted by Crippen LogP contribution is -2.07.